The molecule has 2 aliphatic heterocycles. The summed E-state index contributed by atoms with van der Waals surface area (Å²) >= 11 is 0. The number of fused-ring (bicyclic) bond motifs is 5. The van der Waals surface area contributed by atoms with Crippen LogP contribution in [0.15, 0.2) is 72.8 Å². The highest BCUT2D eigenvalue weighted by molar-refractivity contribution is 5.99. The maximum atomic E-state index is 13.5. The summed E-state index contributed by atoms with van der Waals surface area (Å²) in [6, 6.07) is 21.5. The van der Waals surface area contributed by atoms with E-state index in [2.05, 4.69) is 24.3 Å². The first-order chi connectivity index (χ1) is 18.0. The Bertz CT molecular complexity index is 1280. The van der Waals surface area contributed by atoms with Gasteiger partial charge in [-0.05, 0) is 35.1 Å². The summed E-state index contributed by atoms with van der Waals surface area (Å²) in [5.41, 5.74) is 4.42. The maximum Gasteiger partial charge on any atom is 0.410 e. The Morgan fingerprint density at radius 3 is 2.05 bits per heavy atom. The molecule has 3 aromatic rings. The van der Waals surface area contributed by atoms with Gasteiger partial charge in [-0.25, -0.2) is 13.6 Å². The molecule has 190 valence electrons. The van der Waals surface area contributed by atoms with E-state index in [4.69, 9.17) is 9.47 Å². The van der Waals surface area contributed by atoms with Gasteiger partial charge in [0.2, 0.25) is 0 Å². The number of ether oxygens (including phenoxy) is 2. The van der Waals surface area contributed by atoms with E-state index >= 15 is 0 Å². The van der Waals surface area contributed by atoms with Crippen LogP contribution in [-0.4, -0.2) is 48.7 Å². The van der Waals surface area contributed by atoms with Gasteiger partial charge in [-0.15, -0.1) is 0 Å². The first-order valence-corrected chi connectivity index (χ1v) is 12.6. The molecular weight excluding hydrogens is 476 g/mol. The molecule has 2 unspecified atom stereocenters. The summed E-state index contributed by atoms with van der Waals surface area (Å²) in [6.07, 6.45) is -2.42. The Hall–Kier alpha value is -3.58. The zero-order valence-corrected chi connectivity index (χ0v) is 20.2. The minimum Gasteiger partial charge on any atom is -0.448 e. The number of hydrogen-bond donors (Lipinski definition) is 0. The van der Waals surface area contributed by atoms with Gasteiger partial charge in [0.1, 0.15) is 6.61 Å². The second kappa shape index (κ2) is 9.71. The second-order valence-corrected chi connectivity index (χ2v) is 9.98. The highest BCUT2D eigenvalue weighted by Gasteiger charge is 2.45. The standard InChI is InChI=1S/C30H27F2NO4/c31-29(32)26-12-6-5-11-25(26)28(34)18-13-19-15-36-16-20(14-18)33(19)30(35)37-17-27-23-9-3-1-7-21(23)22-8-2-4-10-24(22)27/h1-12,18-20,27,29H,13-17H2. The van der Waals surface area contributed by atoms with Crippen LogP contribution in [0, 0.1) is 5.92 Å². The SMILES string of the molecule is O=C(c1ccccc1C(F)F)C1CC2COCC(C1)N2C(=O)OCC1c2ccccc2-c2ccccc21. The smallest absolute Gasteiger partial charge is 0.410 e. The minimum atomic E-state index is -2.72. The van der Waals surface area contributed by atoms with Gasteiger partial charge < -0.3 is 9.47 Å². The zero-order valence-electron chi connectivity index (χ0n) is 20.2. The minimum absolute atomic E-state index is 0.0441. The van der Waals surface area contributed by atoms with Crippen LogP contribution >= 0.6 is 0 Å². The van der Waals surface area contributed by atoms with Crippen LogP contribution in [-0.2, 0) is 9.47 Å². The van der Waals surface area contributed by atoms with E-state index < -0.39 is 18.4 Å². The highest BCUT2D eigenvalue weighted by Crippen LogP contribution is 2.45. The van der Waals surface area contributed by atoms with Gasteiger partial charge in [0.25, 0.3) is 6.43 Å². The zero-order chi connectivity index (χ0) is 25.5. The molecule has 0 aromatic heterocycles. The average Bonchev–Trinajstić information content (AvgIpc) is 3.24. The van der Waals surface area contributed by atoms with Crippen LogP contribution in [0.2, 0.25) is 0 Å². The third kappa shape index (κ3) is 4.21. The van der Waals surface area contributed by atoms with Gasteiger partial charge in [-0.3, -0.25) is 9.69 Å². The lowest BCUT2D eigenvalue weighted by molar-refractivity contribution is -0.0748. The largest absolute Gasteiger partial charge is 0.448 e. The molecule has 1 aliphatic carbocycles. The van der Waals surface area contributed by atoms with Gasteiger partial charge in [-0.2, -0.15) is 0 Å². The lowest BCUT2D eigenvalue weighted by Gasteiger charge is -2.47. The summed E-state index contributed by atoms with van der Waals surface area (Å²) in [5, 5.41) is 0. The van der Waals surface area contributed by atoms with Crippen molar-refractivity contribution in [2.45, 2.75) is 37.3 Å². The molecular formula is C30H27F2NO4. The van der Waals surface area contributed by atoms with Crippen molar-refractivity contribution in [3.05, 3.63) is 95.1 Å². The van der Waals surface area contributed by atoms with E-state index in [1.54, 1.807) is 11.0 Å². The molecule has 2 atom stereocenters. The molecule has 6 rings (SSSR count). The first kappa shape index (κ1) is 23.8. The average molecular weight is 504 g/mol. The summed E-state index contributed by atoms with van der Waals surface area (Å²) < 4.78 is 38.6. The van der Waals surface area contributed by atoms with Gasteiger partial charge in [0.05, 0.1) is 25.3 Å². The van der Waals surface area contributed by atoms with Gasteiger partial charge in [0.15, 0.2) is 5.78 Å². The lowest BCUT2D eigenvalue weighted by Crippen LogP contribution is -2.60. The number of morpholine rings is 1. The Labute approximate surface area is 214 Å². The van der Waals surface area contributed by atoms with E-state index in [0.717, 1.165) is 22.3 Å². The number of nitrogens with zero attached hydrogens (tertiary/aromatic N) is 1. The molecule has 5 nitrogen and oxygen atoms in total. The molecule has 7 heteroatoms. The van der Waals surface area contributed by atoms with Crippen molar-refractivity contribution in [3.8, 4) is 11.1 Å². The van der Waals surface area contributed by atoms with Crippen LogP contribution in [0.3, 0.4) is 0 Å². The fourth-order valence-corrected chi connectivity index (χ4v) is 6.23. The van der Waals surface area contributed by atoms with Crippen molar-refractivity contribution >= 4 is 11.9 Å². The predicted octanol–water partition coefficient (Wildman–Crippen LogP) is 6.24. The summed E-state index contributed by atoms with van der Waals surface area (Å²) in [7, 11) is 0. The number of alkyl halides is 2. The summed E-state index contributed by atoms with van der Waals surface area (Å²) in [5.74, 6) is -0.783. The van der Waals surface area contributed by atoms with E-state index in [9.17, 15) is 18.4 Å². The first-order valence-electron chi connectivity index (χ1n) is 12.6. The summed E-state index contributed by atoms with van der Waals surface area (Å²) in [4.78, 5) is 28.3. The van der Waals surface area contributed by atoms with Crippen molar-refractivity contribution in [1.29, 1.82) is 0 Å². The Morgan fingerprint density at radius 2 is 1.43 bits per heavy atom. The Morgan fingerprint density at radius 1 is 0.865 bits per heavy atom. The van der Waals surface area contributed by atoms with Gasteiger partial charge in [-0.1, -0.05) is 72.8 Å². The molecule has 2 saturated heterocycles. The van der Waals surface area contributed by atoms with Crippen molar-refractivity contribution in [2.24, 2.45) is 5.92 Å². The third-order valence-corrected chi connectivity index (χ3v) is 7.90. The van der Waals surface area contributed by atoms with E-state index in [-0.39, 0.29) is 41.5 Å². The van der Waals surface area contributed by atoms with Crippen LogP contribution in [0.5, 0.6) is 0 Å². The lowest BCUT2D eigenvalue weighted by atomic mass is 9.80. The number of piperidine rings is 1. The topological polar surface area (TPSA) is 55.8 Å². The predicted molar refractivity (Wildman–Crippen MR) is 134 cm³/mol. The normalized spacial score (nSPS) is 22.5. The number of benzene rings is 3. The van der Waals surface area contributed by atoms with Crippen LogP contribution in [0.4, 0.5) is 13.6 Å². The quantitative estimate of drug-likeness (QED) is 0.387. The molecule has 2 heterocycles. The molecule has 37 heavy (non-hydrogen) atoms. The van der Waals surface area contributed by atoms with E-state index in [1.807, 2.05) is 24.3 Å². The number of amides is 1. The molecule has 0 spiro atoms. The molecule has 2 fully saturated rings. The maximum absolute atomic E-state index is 13.5. The number of ketones is 1. The molecule has 0 saturated carbocycles. The van der Waals surface area contributed by atoms with E-state index in [0.29, 0.717) is 26.1 Å². The Balaban J connectivity index is 1.17. The van der Waals surface area contributed by atoms with Crippen molar-refractivity contribution in [1.82, 2.24) is 4.90 Å². The monoisotopic (exact) mass is 503 g/mol. The van der Waals surface area contributed by atoms with Gasteiger partial charge in [0, 0.05) is 23.0 Å². The second-order valence-electron chi connectivity index (χ2n) is 9.98. The fourth-order valence-electron chi connectivity index (χ4n) is 6.23. The van der Waals surface area contributed by atoms with Gasteiger partial charge >= 0.3 is 6.09 Å². The molecule has 1 amide bonds. The van der Waals surface area contributed by atoms with Crippen molar-refractivity contribution < 1.29 is 27.8 Å². The number of hydrogen-bond acceptors (Lipinski definition) is 4. The van der Waals surface area contributed by atoms with Crippen LogP contribution in [0.1, 0.15) is 52.2 Å². The molecule has 0 radical (unpaired) electrons. The van der Waals surface area contributed by atoms with Crippen molar-refractivity contribution in [2.75, 3.05) is 19.8 Å². The number of carbonyl (C=O) groups is 2. The fraction of sp³-hybridized carbons (Fsp3) is 0.333. The highest BCUT2D eigenvalue weighted by atomic mass is 19.3. The molecule has 3 aliphatic rings. The molecule has 3 aromatic carbocycles. The molecule has 2 bridgehead atoms. The number of carbonyl (C=O) groups excluding carboxylic acids is 2. The van der Waals surface area contributed by atoms with Crippen molar-refractivity contribution in [3.63, 3.8) is 0 Å². The third-order valence-electron chi connectivity index (χ3n) is 7.90. The van der Waals surface area contributed by atoms with Crippen LogP contribution < -0.4 is 0 Å². The number of halogens is 2. The summed E-state index contributed by atoms with van der Waals surface area (Å²) in [6.45, 7) is 0.801. The Kier molecular flexibility index (Phi) is 6.24. The van der Waals surface area contributed by atoms with E-state index in [1.165, 1.54) is 18.2 Å². The number of Topliss-reactive ketones (excluding diaryl/α,β-unsaturated/α-hetero) is 1. The molecule has 0 N–H and O–H groups in total. The number of rotatable bonds is 5. The van der Waals surface area contributed by atoms with Crippen LogP contribution in [0.25, 0.3) is 11.1 Å².